The van der Waals surface area contributed by atoms with E-state index in [9.17, 15) is 0 Å². The normalized spacial score (nSPS) is 22.4. The van der Waals surface area contributed by atoms with Gasteiger partial charge in [0.2, 0.25) is 0 Å². The van der Waals surface area contributed by atoms with Crippen LogP contribution in [0.5, 0.6) is 0 Å². The highest BCUT2D eigenvalue weighted by Crippen LogP contribution is 2.23. The van der Waals surface area contributed by atoms with Gasteiger partial charge in [0.25, 0.3) is 0 Å². The molecule has 2 heterocycles. The highest BCUT2D eigenvalue weighted by molar-refractivity contribution is 7.15. The van der Waals surface area contributed by atoms with Crippen LogP contribution in [0.4, 0.5) is 5.13 Å². The molecular weight excluding hydrogens is 222 g/mol. The largest absolute Gasteiger partial charge is 0.396 e. The number of aliphatic hydroxyl groups is 1. The Balaban J connectivity index is 1.85. The van der Waals surface area contributed by atoms with Crippen molar-refractivity contribution >= 4 is 16.5 Å². The minimum Gasteiger partial charge on any atom is -0.396 e. The van der Waals surface area contributed by atoms with Gasteiger partial charge in [0.15, 0.2) is 5.13 Å². The molecule has 1 unspecified atom stereocenters. The molecule has 0 amide bonds. The Morgan fingerprint density at radius 1 is 1.62 bits per heavy atom. The van der Waals surface area contributed by atoms with Crippen molar-refractivity contribution in [3.63, 3.8) is 0 Å². The number of nitrogen functional groups attached to an aromatic ring is 1. The van der Waals surface area contributed by atoms with Crippen LogP contribution in [0.2, 0.25) is 0 Å². The van der Waals surface area contributed by atoms with Gasteiger partial charge in [-0.2, -0.15) is 0 Å². The molecule has 16 heavy (non-hydrogen) atoms. The zero-order valence-electron chi connectivity index (χ0n) is 9.43. The van der Waals surface area contributed by atoms with Crippen molar-refractivity contribution < 1.29 is 5.11 Å². The minimum atomic E-state index is 0.312. The molecule has 4 nitrogen and oxygen atoms in total. The lowest BCUT2D eigenvalue weighted by Crippen LogP contribution is -2.35. The fraction of sp³-hybridized carbons (Fsp3) is 0.727. The summed E-state index contributed by atoms with van der Waals surface area (Å²) in [7, 11) is 0. The third kappa shape index (κ3) is 3.17. The molecule has 1 aromatic heterocycles. The Bertz CT molecular complexity index is 327. The summed E-state index contributed by atoms with van der Waals surface area (Å²) in [6, 6.07) is 0. The molecule has 1 fully saturated rings. The van der Waals surface area contributed by atoms with Crippen molar-refractivity contribution in [1.82, 2.24) is 9.88 Å². The smallest absolute Gasteiger partial charge is 0.180 e. The number of rotatable bonds is 4. The van der Waals surface area contributed by atoms with Crippen LogP contribution in [-0.4, -0.2) is 34.7 Å². The molecule has 2 rings (SSSR count). The maximum Gasteiger partial charge on any atom is 0.180 e. The molecule has 1 aliphatic rings. The quantitative estimate of drug-likeness (QED) is 0.834. The maximum atomic E-state index is 8.95. The predicted octanol–water partition coefficient (Wildman–Crippen LogP) is 1.32. The second kappa shape index (κ2) is 5.61. The number of nitrogens with two attached hydrogens (primary N) is 1. The zero-order chi connectivity index (χ0) is 11.4. The lowest BCUT2D eigenvalue weighted by molar-refractivity contribution is 0.143. The first-order chi connectivity index (χ1) is 7.78. The third-order valence-corrected chi connectivity index (χ3v) is 3.90. The first-order valence-electron chi connectivity index (χ1n) is 5.81. The van der Waals surface area contributed by atoms with E-state index < -0.39 is 0 Å². The molecule has 0 aliphatic carbocycles. The van der Waals surface area contributed by atoms with Gasteiger partial charge in [-0.15, -0.1) is 11.3 Å². The number of hydrogen-bond donors (Lipinski definition) is 2. The number of nitrogens with zero attached hydrogens (tertiary/aromatic N) is 2. The van der Waals surface area contributed by atoms with E-state index in [1.165, 1.54) is 17.7 Å². The van der Waals surface area contributed by atoms with Crippen molar-refractivity contribution in [2.45, 2.75) is 25.8 Å². The van der Waals surface area contributed by atoms with E-state index >= 15 is 0 Å². The highest BCUT2D eigenvalue weighted by atomic mass is 32.1. The Labute approximate surface area is 100 Å². The van der Waals surface area contributed by atoms with Crippen molar-refractivity contribution in [1.29, 1.82) is 0 Å². The first kappa shape index (κ1) is 11.8. The molecule has 0 bridgehead atoms. The number of hydrogen-bond acceptors (Lipinski definition) is 5. The van der Waals surface area contributed by atoms with Crippen molar-refractivity contribution in [3.05, 3.63) is 11.1 Å². The van der Waals surface area contributed by atoms with Gasteiger partial charge in [-0.1, -0.05) is 0 Å². The van der Waals surface area contributed by atoms with E-state index in [1.54, 1.807) is 11.3 Å². The standard InChI is InChI=1S/C11H19N3OS/c12-11-13-6-10(16-11)8-14-4-1-2-9(7-14)3-5-15/h6,9,15H,1-5,7-8H2,(H2,12,13). The Morgan fingerprint density at radius 2 is 2.50 bits per heavy atom. The summed E-state index contributed by atoms with van der Waals surface area (Å²) in [5, 5.41) is 9.61. The van der Waals surface area contributed by atoms with Crippen molar-refractivity contribution in [2.24, 2.45) is 5.92 Å². The number of likely N-dealkylation sites (tertiary alicyclic amines) is 1. The van der Waals surface area contributed by atoms with Crippen LogP contribution in [0.3, 0.4) is 0 Å². The summed E-state index contributed by atoms with van der Waals surface area (Å²) < 4.78 is 0. The summed E-state index contributed by atoms with van der Waals surface area (Å²) in [6.45, 7) is 3.51. The summed E-state index contributed by atoms with van der Waals surface area (Å²) in [5.74, 6) is 0.656. The van der Waals surface area contributed by atoms with Gasteiger partial charge >= 0.3 is 0 Å². The molecule has 90 valence electrons. The Hall–Kier alpha value is -0.650. The molecule has 1 aromatic rings. The lowest BCUT2D eigenvalue weighted by Gasteiger charge is -2.31. The molecule has 1 saturated heterocycles. The van der Waals surface area contributed by atoms with Gasteiger partial charge in [-0.3, -0.25) is 4.90 Å². The fourth-order valence-electron chi connectivity index (χ4n) is 2.33. The highest BCUT2D eigenvalue weighted by Gasteiger charge is 2.19. The summed E-state index contributed by atoms with van der Waals surface area (Å²) in [6.07, 6.45) is 5.29. The minimum absolute atomic E-state index is 0.312. The molecule has 1 aliphatic heterocycles. The lowest BCUT2D eigenvalue weighted by atomic mass is 9.95. The second-order valence-electron chi connectivity index (χ2n) is 4.42. The average molecular weight is 241 g/mol. The van der Waals surface area contributed by atoms with Gasteiger partial charge in [0.05, 0.1) is 0 Å². The number of anilines is 1. The van der Waals surface area contributed by atoms with Gasteiger partial charge in [-0.25, -0.2) is 4.98 Å². The van der Waals surface area contributed by atoms with Crippen molar-refractivity contribution in [2.75, 3.05) is 25.4 Å². The van der Waals surface area contributed by atoms with E-state index in [0.29, 0.717) is 17.7 Å². The monoisotopic (exact) mass is 241 g/mol. The molecule has 1 atom stereocenters. The number of aromatic nitrogens is 1. The van der Waals surface area contributed by atoms with E-state index in [2.05, 4.69) is 9.88 Å². The van der Waals surface area contributed by atoms with Gasteiger partial charge in [-0.05, 0) is 31.7 Å². The SMILES string of the molecule is Nc1ncc(CN2CCCC(CCO)C2)s1. The molecular formula is C11H19N3OS. The van der Waals surface area contributed by atoms with Crippen LogP contribution >= 0.6 is 11.3 Å². The first-order valence-corrected chi connectivity index (χ1v) is 6.63. The molecule has 0 saturated carbocycles. The Morgan fingerprint density at radius 3 is 3.19 bits per heavy atom. The molecule has 3 N–H and O–H groups in total. The maximum absolute atomic E-state index is 8.95. The number of aliphatic hydroxyl groups excluding tert-OH is 1. The number of piperidine rings is 1. The van der Waals surface area contributed by atoms with E-state index in [-0.39, 0.29) is 0 Å². The zero-order valence-corrected chi connectivity index (χ0v) is 10.2. The number of thiazole rings is 1. The molecule has 0 radical (unpaired) electrons. The van der Waals surface area contributed by atoms with Crippen LogP contribution < -0.4 is 5.73 Å². The van der Waals surface area contributed by atoms with Crippen LogP contribution in [0.1, 0.15) is 24.1 Å². The van der Waals surface area contributed by atoms with Crippen molar-refractivity contribution in [3.8, 4) is 0 Å². The second-order valence-corrected chi connectivity index (χ2v) is 5.57. The topological polar surface area (TPSA) is 62.4 Å². The van der Waals surface area contributed by atoms with E-state index in [4.69, 9.17) is 10.8 Å². The van der Waals surface area contributed by atoms with Gasteiger partial charge in [0.1, 0.15) is 0 Å². The summed E-state index contributed by atoms with van der Waals surface area (Å²) in [5.41, 5.74) is 5.61. The summed E-state index contributed by atoms with van der Waals surface area (Å²) >= 11 is 1.57. The Kier molecular flexibility index (Phi) is 4.15. The fourth-order valence-corrected chi connectivity index (χ4v) is 3.06. The van der Waals surface area contributed by atoms with Gasteiger partial charge < -0.3 is 10.8 Å². The third-order valence-electron chi connectivity index (χ3n) is 3.09. The van der Waals surface area contributed by atoms with Crippen LogP contribution in [0, 0.1) is 5.92 Å². The van der Waals surface area contributed by atoms with Crippen LogP contribution in [-0.2, 0) is 6.54 Å². The molecule has 0 spiro atoms. The average Bonchev–Trinajstić information content (AvgIpc) is 2.65. The molecule has 5 heteroatoms. The van der Waals surface area contributed by atoms with Crippen LogP contribution in [0.15, 0.2) is 6.20 Å². The predicted molar refractivity (Wildman–Crippen MR) is 66.2 cm³/mol. The van der Waals surface area contributed by atoms with E-state index in [1.807, 2.05) is 6.20 Å². The molecule has 0 aromatic carbocycles. The van der Waals surface area contributed by atoms with E-state index in [0.717, 1.165) is 26.1 Å². The summed E-state index contributed by atoms with van der Waals surface area (Å²) in [4.78, 5) is 7.75. The van der Waals surface area contributed by atoms with Crippen LogP contribution in [0.25, 0.3) is 0 Å². The van der Waals surface area contributed by atoms with Gasteiger partial charge in [0, 0.05) is 30.8 Å².